The van der Waals surface area contributed by atoms with Crippen LogP contribution in [0.2, 0.25) is 0 Å². The van der Waals surface area contributed by atoms with Crippen molar-refractivity contribution in [2.75, 3.05) is 24.2 Å². The number of carbonyl (C=O) groups is 1. The second-order valence-corrected chi connectivity index (χ2v) is 4.91. The second kappa shape index (κ2) is 7.08. The highest BCUT2D eigenvalue weighted by atomic mass is 32.2. The zero-order valence-corrected chi connectivity index (χ0v) is 11.6. The van der Waals surface area contributed by atoms with Crippen LogP contribution in [-0.2, 0) is 9.53 Å². The van der Waals surface area contributed by atoms with Gasteiger partial charge in [-0.2, -0.15) is 0 Å². The van der Waals surface area contributed by atoms with Gasteiger partial charge in [0, 0.05) is 18.4 Å². The van der Waals surface area contributed by atoms with Crippen molar-refractivity contribution in [3.8, 4) is 0 Å². The second-order valence-electron chi connectivity index (χ2n) is 3.83. The lowest BCUT2D eigenvalue weighted by molar-refractivity contribution is -0.143. The molecule has 2 heterocycles. The molecule has 0 fully saturated rings. The van der Waals surface area contributed by atoms with Crippen molar-refractivity contribution in [1.82, 2.24) is 9.97 Å². The average molecular weight is 280 g/mol. The van der Waals surface area contributed by atoms with Crippen molar-refractivity contribution in [3.63, 3.8) is 0 Å². The number of aliphatic imine (C=N–C) groups is 1. The molecule has 0 radical (unpaired) electrons. The number of esters is 1. The normalized spacial score (nSPS) is 12.7. The quantitative estimate of drug-likeness (QED) is 0.372. The molecule has 0 saturated carbocycles. The van der Waals surface area contributed by atoms with Gasteiger partial charge < -0.3 is 10.1 Å². The number of rotatable bonds is 6. The van der Waals surface area contributed by atoms with Crippen molar-refractivity contribution in [3.05, 3.63) is 6.33 Å². The molecular weight excluding hydrogens is 264 g/mol. The maximum atomic E-state index is 11.2. The zero-order valence-electron chi connectivity index (χ0n) is 10.8. The molecule has 0 aromatic carbocycles. The Morgan fingerprint density at radius 1 is 1.53 bits per heavy atom. The maximum absolute atomic E-state index is 11.2. The lowest BCUT2D eigenvalue weighted by Gasteiger charge is -2.12. The Morgan fingerprint density at radius 3 is 3.26 bits per heavy atom. The van der Waals surface area contributed by atoms with E-state index in [0.717, 1.165) is 28.7 Å². The number of carbonyl (C=O) groups excluding carboxylic acids is 1. The topological polar surface area (TPSA) is 76.5 Å². The minimum Gasteiger partial charge on any atom is -0.466 e. The molecule has 19 heavy (non-hydrogen) atoms. The summed E-state index contributed by atoms with van der Waals surface area (Å²) in [6, 6.07) is 0. The first-order valence-corrected chi connectivity index (χ1v) is 7.19. The van der Waals surface area contributed by atoms with Crippen LogP contribution in [0.4, 0.5) is 11.5 Å². The Morgan fingerprint density at radius 2 is 2.42 bits per heavy atom. The SMILES string of the molecule is CCOC(=O)CCCSc1ncnc2c1N=CCN2. The Hall–Kier alpha value is -1.63. The Labute approximate surface area is 116 Å². The summed E-state index contributed by atoms with van der Waals surface area (Å²) >= 11 is 1.58. The van der Waals surface area contributed by atoms with Crippen molar-refractivity contribution in [2.24, 2.45) is 4.99 Å². The van der Waals surface area contributed by atoms with E-state index < -0.39 is 0 Å². The molecule has 2 rings (SSSR count). The van der Waals surface area contributed by atoms with E-state index in [2.05, 4.69) is 20.3 Å². The summed E-state index contributed by atoms with van der Waals surface area (Å²) in [5.74, 6) is 1.43. The number of hydrogen-bond donors (Lipinski definition) is 1. The highest BCUT2D eigenvalue weighted by molar-refractivity contribution is 7.99. The summed E-state index contributed by atoms with van der Waals surface area (Å²) in [5, 5.41) is 3.99. The first kappa shape index (κ1) is 13.8. The first-order chi connectivity index (χ1) is 9.31. The summed E-state index contributed by atoms with van der Waals surface area (Å²) in [6.07, 6.45) is 4.53. The molecule has 1 N–H and O–H groups in total. The van der Waals surface area contributed by atoms with Gasteiger partial charge in [0.05, 0.1) is 13.2 Å². The minimum atomic E-state index is -0.146. The van der Waals surface area contributed by atoms with Crippen molar-refractivity contribution in [1.29, 1.82) is 0 Å². The lowest BCUT2D eigenvalue weighted by atomic mass is 10.3. The Bertz CT molecular complexity index is 479. The third-order valence-corrected chi connectivity index (χ3v) is 3.50. The Balaban J connectivity index is 1.84. The van der Waals surface area contributed by atoms with Crippen LogP contribution in [0.3, 0.4) is 0 Å². The summed E-state index contributed by atoms with van der Waals surface area (Å²) in [4.78, 5) is 23.9. The lowest BCUT2D eigenvalue weighted by Crippen LogP contribution is -2.09. The molecule has 0 atom stereocenters. The maximum Gasteiger partial charge on any atom is 0.305 e. The summed E-state index contributed by atoms with van der Waals surface area (Å²) < 4.78 is 4.88. The van der Waals surface area contributed by atoms with Gasteiger partial charge in [-0.15, -0.1) is 11.8 Å². The van der Waals surface area contributed by atoms with Crippen LogP contribution in [0.25, 0.3) is 0 Å². The standard InChI is InChI=1S/C12H16N4O2S/c1-2-18-9(17)4-3-7-19-12-10-11(15-8-16-12)14-6-5-13-10/h5,8H,2-4,6-7H2,1H3,(H,14,15,16). The number of nitrogens with zero attached hydrogens (tertiary/aromatic N) is 3. The molecule has 1 aromatic rings. The van der Waals surface area contributed by atoms with E-state index in [4.69, 9.17) is 4.74 Å². The average Bonchev–Trinajstić information content (AvgIpc) is 2.44. The van der Waals surface area contributed by atoms with E-state index in [-0.39, 0.29) is 5.97 Å². The molecule has 0 spiro atoms. The molecule has 0 unspecified atom stereocenters. The van der Waals surface area contributed by atoms with Gasteiger partial charge in [-0.25, -0.2) is 9.97 Å². The predicted octanol–water partition coefficient (Wildman–Crippen LogP) is 2.04. The van der Waals surface area contributed by atoms with E-state index in [1.165, 1.54) is 6.33 Å². The molecule has 0 amide bonds. The van der Waals surface area contributed by atoms with Gasteiger partial charge in [0.25, 0.3) is 0 Å². The number of aromatic nitrogens is 2. The molecule has 7 heteroatoms. The summed E-state index contributed by atoms with van der Waals surface area (Å²) in [6.45, 7) is 2.94. The van der Waals surface area contributed by atoms with Gasteiger partial charge in [0.15, 0.2) is 5.82 Å². The van der Waals surface area contributed by atoms with E-state index in [0.29, 0.717) is 19.6 Å². The monoisotopic (exact) mass is 280 g/mol. The van der Waals surface area contributed by atoms with Crippen LogP contribution in [0.1, 0.15) is 19.8 Å². The summed E-state index contributed by atoms with van der Waals surface area (Å²) in [7, 11) is 0. The highest BCUT2D eigenvalue weighted by Gasteiger charge is 2.13. The van der Waals surface area contributed by atoms with Gasteiger partial charge in [0.1, 0.15) is 17.0 Å². The fourth-order valence-electron chi connectivity index (χ4n) is 1.61. The van der Waals surface area contributed by atoms with Gasteiger partial charge in [-0.1, -0.05) is 0 Å². The minimum absolute atomic E-state index is 0.146. The predicted molar refractivity (Wildman–Crippen MR) is 75.3 cm³/mol. The molecule has 6 nitrogen and oxygen atoms in total. The first-order valence-electron chi connectivity index (χ1n) is 6.21. The zero-order chi connectivity index (χ0) is 13.5. The molecule has 1 aliphatic rings. The number of ether oxygens (including phenoxy) is 1. The van der Waals surface area contributed by atoms with Crippen LogP contribution >= 0.6 is 11.8 Å². The number of thioether (sulfide) groups is 1. The van der Waals surface area contributed by atoms with Gasteiger partial charge in [-0.3, -0.25) is 9.79 Å². The molecule has 0 aliphatic carbocycles. The number of hydrogen-bond acceptors (Lipinski definition) is 7. The fraction of sp³-hybridized carbons (Fsp3) is 0.500. The van der Waals surface area contributed by atoms with Crippen LogP contribution in [0.5, 0.6) is 0 Å². The van der Waals surface area contributed by atoms with Crippen LogP contribution < -0.4 is 5.32 Å². The number of anilines is 1. The molecule has 0 saturated heterocycles. The van der Waals surface area contributed by atoms with Crippen LogP contribution in [0, 0.1) is 0 Å². The molecule has 0 bridgehead atoms. The van der Waals surface area contributed by atoms with Crippen molar-refractivity contribution >= 4 is 35.5 Å². The van der Waals surface area contributed by atoms with Gasteiger partial charge >= 0.3 is 5.97 Å². The third kappa shape index (κ3) is 3.92. The molecule has 1 aliphatic heterocycles. The van der Waals surface area contributed by atoms with Gasteiger partial charge in [0.2, 0.25) is 0 Å². The van der Waals surface area contributed by atoms with Crippen molar-refractivity contribution in [2.45, 2.75) is 24.8 Å². The van der Waals surface area contributed by atoms with E-state index in [9.17, 15) is 4.79 Å². The third-order valence-electron chi connectivity index (χ3n) is 2.44. The fourth-order valence-corrected chi connectivity index (χ4v) is 2.50. The number of fused-ring (bicyclic) bond motifs is 1. The van der Waals surface area contributed by atoms with E-state index in [1.807, 2.05) is 6.92 Å². The molecule has 1 aromatic heterocycles. The van der Waals surface area contributed by atoms with Crippen LogP contribution in [-0.4, -0.2) is 41.1 Å². The van der Waals surface area contributed by atoms with Crippen LogP contribution in [0.15, 0.2) is 16.3 Å². The summed E-state index contributed by atoms with van der Waals surface area (Å²) in [5.41, 5.74) is 0.787. The highest BCUT2D eigenvalue weighted by Crippen LogP contribution is 2.34. The van der Waals surface area contributed by atoms with Crippen molar-refractivity contribution < 1.29 is 9.53 Å². The van der Waals surface area contributed by atoms with Gasteiger partial charge in [-0.05, 0) is 13.3 Å². The molecular formula is C12H16N4O2S. The largest absolute Gasteiger partial charge is 0.466 e. The molecule has 102 valence electrons. The Kier molecular flexibility index (Phi) is 5.14. The number of nitrogens with one attached hydrogen (secondary N) is 1. The van der Waals surface area contributed by atoms with E-state index >= 15 is 0 Å². The smallest absolute Gasteiger partial charge is 0.305 e. The van der Waals surface area contributed by atoms with E-state index in [1.54, 1.807) is 18.0 Å².